The number of hydrogen-bond donors (Lipinski definition) is 2. The highest BCUT2D eigenvalue weighted by atomic mass is 19.1. The first-order chi connectivity index (χ1) is 11.6. The predicted octanol–water partition coefficient (Wildman–Crippen LogP) is 2.02. The highest BCUT2D eigenvalue weighted by Gasteiger charge is 2.20. The fourth-order valence-corrected chi connectivity index (χ4v) is 2.08. The van der Waals surface area contributed by atoms with Crippen LogP contribution in [-0.2, 0) is 9.53 Å². The summed E-state index contributed by atoms with van der Waals surface area (Å²) in [5.74, 6) is -1.81. The van der Waals surface area contributed by atoms with Crippen LogP contribution in [0.3, 0.4) is 0 Å². The first-order valence-electron chi connectivity index (χ1n) is 8.14. The van der Waals surface area contributed by atoms with Gasteiger partial charge >= 0.3 is 0 Å². The lowest BCUT2D eigenvalue weighted by atomic mass is 10.2. The van der Waals surface area contributed by atoms with Gasteiger partial charge in [0, 0.05) is 38.8 Å². The van der Waals surface area contributed by atoms with Crippen LogP contribution in [0.15, 0.2) is 18.2 Å². The third-order valence-electron chi connectivity index (χ3n) is 3.65. The van der Waals surface area contributed by atoms with Crippen molar-refractivity contribution in [2.24, 2.45) is 5.92 Å². The molecule has 1 saturated carbocycles. The van der Waals surface area contributed by atoms with Gasteiger partial charge in [0.2, 0.25) is 5.91 Å². The molecule has 132 valence electrons. The molecule has 0 saturated heterocycles. The highest BCUT2D eigenvalue weighted by molar-refractivity contribution is 5.94. The SMILES string of the molecule is O=C(CCNC(=O)c1ccc(F)cc1F)NCCCOCC1CC1. The molecule has 0 aliphatic heterocycles. The summed E-state index contributed by atoms with van der Waals surface area (Å²) in [6.07, 6.45) is 3.34. The van der Waals surface area contributed by atoms with Gasteiger partial charge in [-0.25, -0.2) is 8.78 Å². The highest BCUT2D eigenvalue weighted by Crippen LogP contribution is 2.28. The van der Waals surface area contributed by atoms with Gasteiger partial charge in [0.15, 0.2) is 0 Å². The van der Waals surface area contributed by atoms with E-state index in [2.05, 4.69) is 10.6 Å². The number of nitrogens with one attached hydrogen (secondary N) is 2. The van der Waals surface area contributed by atoms with Crippen LogP contribution in [0.5, 0.6) is 0 Å². The Labute approximate surface area is 139 Å². The van der Waals surface area contributed by atoms with Crippen molar-refractivity contribution >= 4 is 11.8 Å². The summed E-state index contributed by atoms with van der Waals surface area (Å²) in [6, 6.07) is 2.73. The zero-order chi connectivity index (χ0) is 17.4. The average Bonchev–Trinajstić information content (AvgIpc) is 3.34. The normalized spacial score (nSPS) is 13.6. The number of benzene rings is 1. The fraction of sp³-hybridized carbons (Fsp3) is 0.529. The summed E-state index contributed by atoms with van der Waals surface area (Å²) in [5, 5.41) is 5.16. The number of ether oxygens (including phenoxy) is 1. The molecule has 1 aromatic rings. The Kier molecular flexibility index (Phi) is 7.11. The van der Waals surface area contributed by atoms with E-state index in [4.69, 9.17) is 4.74 Å². The zero-order valence-electron chi connectivity index (χ0n) is 13.4. The van der Waals surface area contributed by atoms with Crippen molar-refractivity contribution in [3.63, 3.8) is 0 Å². The van der Waals surface area contributed by atoms with Crippen LogP contribution >= 0.6 is 0 Å². The standard InChI is InChI=1S/C17H22F2N2O3/c18-13-4-5-14(15(19)10-13)17(23)21-8-6-16(22)20-7-1-9-24-11-12-2-3-12/h4-5,10,12H,1-3,6-9,11H2,(H,20,22)(H,21,23). The van der Waals surface area contributed by atoms with Gasteiger partial charge in [-0.15, -0.1) is 0 Å². The first kappa shape index (κ1) is 18.3. The molecule has 1 fully saturated rings. The average molecular weight is 340 g/mol. The van der Waals surface area contributed by atoms with Crippen molar-refractivity contribution in [1.29, 1.82) is 0 Å². The summed E-state index contributed by atoms with van der Waals surface area (Å²) in [4.78, 5) is 23.3. The molecule has 2 rings (SSSR count). The van der Waals surface area contributed by atoms with Crippen LogP contribution in [0.1, 0.15) is 36.0 Å². The van der Waals surface area contributed by atoms with E-state index >= 15 is 0 Å². The van der Waals surface area contributed by atoms with Crippen molar-refractivity contribution in [2.75, 3.05) is 26.3 Å². The molecule has 0 heterocycles. The largest absolute Gasteiger partial charge is 0.381 e. The molecule has 2 amide bonds. The maximum absolute atomic E-state index is 13.4. The molecule has 1 aromatic carbocycles. The Bertz CT molecular complexity index is 577. The van der Waals surface area contributed by atoms with Crippen LogP contribution in [-0.4, -0.2) is 38.1 Å². The van der Waals surface area contributed by atoms with Crippen molar-refractivity contribution < 1.29 is 23.1 Å². The molecule has 0 radical (unpaired) electrons. The van der Waals surface area contributed by atoms with Crippen LogP contribution < -0.4 is 10.6 Å². The summed E-state index contributed by atoms with van der Waals surface area (Å²) in [7, 11) is 0. The molecule has 0 spiro atoms. The van der Waals surface area contributed by atoms with Crippen LogP contribution in [0, 0.1) is 17.6 Å². The fourth-order valence-electron chi connectivity index (χ4n) is 2.08. The monoisotopic (exact) mass is 340 g/mol. The van der Waals surface area contributed by atoms with Crippen LogP contribution in [0.4, 0.5) is 8.78 Å². The maximum atomic E-state index is 13.4. The van der Waals surface area contributed by atoms with Crippen LogP contribution in [0.25, 0.3) is 0 Å². The second-order valence-corrected chi connectivity index (χ2v) is 5.85. The van der Waals surface area contributed by atoms with E-state index < -0.39 is 17.5 Å². The Morgan fingerprint density at radius 3 is 2.67 bits per heavy atom. The molecule has 0 unspecified atom stereocenters. The lowest BCUT2D eigenvalue weighted by molar-refractivity contribution is -0.121. The second-order valence-electron chi connectivity index (χ2n) is 5.85. The summed E-state index contributed by atoms with van der Waals surface area (Å²) in [6.45, 7) is 2.03. The number of carbonyl (C=O) groups is 2. The number of hydrogen-bond acceptors (Lipinski definition) is 3. The van der Waals surface area contributed by atoms with E-state index in [0.29, 0.717) is 19.2 Å². The van der Waals surface area contributed by atoms with Gasteiger partial charge in [-0.05, 0) is 37.3 Å². The van der Waals surface area contributed by atoms with Gasteiger partial charge < -0.3 is 15.4 Å². The molecule has 0 bridgehead atoms. The maximum Gasteiger partial charge on any atom is 0.254 e. The summed E-state index contributed by atoms with van der Waals surface area (Å²) in [5.41, 5.74) is -0.246. The quantitative estimate of drug-likeness (QED) is 0.641. The Hall–Kier alpha value is -2.02. The minimum absolute atomic E-state index is 0.0830. The first-order valence-corrected chi connectivity index (χ1v) is 8.14. The molecule has 0 atom stereocenters. The Morgan fingerprint density at radius 2 is 1.96 bits per heavy atom. The molecule has 24 heavy (non-hydrogen) atoms. The topological polar surface area (TPSA) is 67.4 Å². The van der Waals surface area contributed by atoms with Gasteiger partial charge in [-0.1, -0.05) is 0 Å². The van der Waals surface area contributed by atoms with E-state index in [1.54, 1.807) is 0 Å². The lowest BCUT2D eigenvalue weighted by Gasteiger charge is -2.08. The predicted molar refractivity (Wildman–Crippen MR) is 84.5 cm³/mol. The zero-order valence-corrected chi connectivity index (χ0v) is 13.4. The molecular formula is C17H22F2N2O3. The number of rotatable bonds is 10. The number of amides is 2. The smallest absolute Gasteiger partial charge is 0.254 e. The lowest BCUT2D eigenvalue weighted by Crippen LogP contribution is -2.31. The third-order valence-corrected chi connectivity index (χ3v) is 3.65. The molecule has 1 aliphatic carbocycles. The minimum Gasteiger partial charge on any atom is -0.381 e. The molecule has 0 aromatic heterocycles. The minimum atomic E-state index is -0.928. The molecule has 7 heteroatoms. The number of halogens is 2. The van der Waals surface area contributed by atoms with E-state index in [1.807, 2.05) is 0 Å². The van der Waals surface area contributed by atoms with Crippen molar-refractivity contribution in [2.45, 2.75) is 25.7 Å². The van der Waals surface area contributed by atoms with E-state index in [9.17, 15) is 18.4 Å². The molecular weight excluding hydrogens is 318 g/mol. The summed E-state index contributed by atoms with van der Waals surface area (Å²) >= 11 is 0. The van der Waals surface area contributed by atoms with Crippen molar-refractivity contribution in [1.82, 2.24) is 10.6 Å². The van der Waals surface area contributed by atoms with Gasteiger partial charge in [0.1, 0.15) is 11.6 Å². The van der Waals surface area contributed by atoms with Gasteiger partial charge in [-0.2, -0.15) is 0 Å². The second kappa shape index (κ2) is 9.32. The van der Waals surface area contributed by atoms with Crippen LogP contribution in [0.2, 0.25) is 0 Å². The molecule has 2 N–H and O–H groups in total. The van der Waals surface area contributed by atoms with E-state index in [-0.39, 0.29) is 24.4 Å². The van der Waals surface area contributed by atoms with Gasteiger partial charge in [-0.3, -0.25) is 9.59 Å². The van der Waals surface area contributed by atoms with E-state index in [1.165, 1.54) is 12.8 Å². The van der Waals surface area contributed by atoms with Crippen molar-refractivity contribution in [3.8, 4) is 0 Å². The Balaban J connectivity index is 1.53. The van der Waals surface area contributed by atoms with Gasteiger partial charge in [0.25, 0.3) is 5.91 Å². The summed E-state index contributed by atoms with van der Waals surface area (Å²) < 4.78 is 31.6. The van der Waals surface area contributed by atoms with Crippen molar-refractivity contribution in [3.05, 3.63) is 35.4 Å². The Morgan fingerprint density at radius 1 is 1.17 bits per heavy atom. The third kappa shape index (κ3) is 6.62. The molecule has 1 aliphatic rings. The molecule has 5 nitrogen and oxygen atoms in total. The van der Waals surface area contributed by atoms with E-state index in [0.717, 1.165) is 31.1 Å². The van der Waals surface area contributed by atoms with Gasteiger partial charge in [0.05, 0.1) is 5.56 Å². The number of carbonyl (C=O) groups excluding carboxylic acids is 2.